The summed E-state index contributed by atoms with van der Waals surface area (Å²) in [7, 11) is 0. The average Bonchev–Trinajstić information content (AvgIpc) is 2.64. The first kappa shape index (κ1) is 14.9. The Balaban J connectivity index is 0.00000162. The zero-order valence-corrected chi connectivity index (χ0v) is 10.7. The minimum absolute atomic E-state index is 0. The lowest BCUT2D eigenvalue weighted by atomic mass is 9.89. The van der Waals surface area contributed by atoms with Gasteiger partial charge in [0.1, 0.15) is 11.6 Å². The van der Waals surface area contributed by atoms with Gasteiger partial charge in [-0.25, -0.2) is 8.78 Å². The Morgan fingerprint density at radius 2 is 1.94 bits per heavy atom. The molecule has 0 aromatic heterocycles. The van der Waals surface area contributed by atoms with Gasteiger partial charge >= 0.3 is 0 Å². The van der Waals surface area contributed by atoms with E-state index in [-0.39, 0.29) is 24.0 Å². The van der Waals surface area contributed by atoms with Crippen LogP contribution in [0, 0.1) is 17.0 Å². The van der Waals surface area contributed by atoms with Crippen molar-refractivity contribution in [3.05, 3.63) is 29.8 Å². The SMILES string of the molecule is CC1(C(=O)Nc2cc(F)cc(F)c2)CCNC1.Cl. The zero-order chi connectivity index (χ0) is 12.5. The number of halogens is 3. The first-order valence-corrected chi connectivity index (χ1v) is 5.48. The van der Waals surface area contributed by atoms with Gasteiger partial charge in [0, 0.05) is 18.3 Å². The van der Waals surface area contributed by atoms with Crippen LogP contribution in [0.15, 0.2) is 18.2 Å². The number of rotatable bonds is 2. The van der Waals surface area contributed by atoms with Gasteiger partial charge in [0.25, 0.3) is 0 Å². The Bertz CT molecular complexity index is 427. The topological polar surface area (TPSA) is 41.1 Å². The number of amides is 1. The third-order valence-electron chi connectivity index (χ3n) is 3.04. The van der Waals surface area contributed by atoms with Crippen molar-refractivity contribution in [1.82, 2.24) is 5.32 Å². The molecular weight excluding hydrogens is 262 g/mol. The highest BCUT2D eigenvalue weighted by molar-refractivity contribution is 5.95. The number of hydrogen-bond acceptors (Lipinski definition) is 2. The summed E-state index contributed by atoms with van der Waals surface area (Å²) in [5.74, 6) is -1.61. The van der Waals surface area contributed by atoms with Gasteiger partial charge < -0.3 is 10.6 Å². The molecule has 1 fully saturated rings. The van der Waals surface area contributed by atoms with E-state index in [9.17, 15) is 13.6 Å². The van der Waals surface area contributed by atoms with E-state index >= 15 is 0 Å². The largest absolute Gasteiger partial charge is 0.325 e. The molecule has 2 rings (SSSR count). The fraction of sp³-hybridized carbons (Fsp3) is 0.417. The third kappa shape index (κ3) is 3.17. The normalized spacial score (nSPS) is 22.4. The lowest BCUT2D eigenvalue weighted by molar-refractivity contribution is -0.123. The van der Waals surface area contributed by atoms with Crippen molar-refractivity contribution in [1.29, 1.82) is 0 Å². The van der Waals surface area contributed by atoms with Crippen molar-refractivity contribution < 1.29 is 13.6 Å². The third-order valence-corrected chi connectivity index (χ3v) is 3.04. The lowest BCUT2D eigenvalue weighted by Gasteiger charge is -2.21. The Kier molecular flexibility index (Phi) is 4.65. The van der Waals surface area contributed by atoms with E-state index in [2.05, 4.69) is 10.6 Å². The first-order chi connectivity index (χ1) is 7.99. The van der Waals surface area contributed by atoms with Crippen LogP contribution in [0.3, 0.4) is 0 Å². The van der Waals surface area contributed by atoms with Crippen LogP contribution >= 0.6 is 12.4 Å². The Morgan fingerprint density at radius 3 is 2.44 bits per heavy atom. The molecule has 18 heavy (non-hydrogen) atoms. The van der Waals surface area contributed by atoms with E-state index in [0.29, 0.717) is 6.54 Å². The molecule has 0 spiro atoms. The molecule has 1 aliphatic rings. The van der Waals surface area contributed by atoms with Crippen LogP contribution in [-0.4, -0.2) is 19.0 Å². The summed E-state index contributed by atoms with van der Waals surface area (Å²) in [4.78, 5) is 12.0. The van der Waals surface area contributed by atoms with E-state index in [1.54, 1.807) is 0 Å². The van der Waals surface area contributed by atoms with Crippen LogP contribution in [-0.2, 0) is 4.79 Å². The predicted octanol–water partition coefficient (Wildman–Crippen LogP) is 2.32. The van der Waals surface area contributed by atoms with Gasteiger partial charge in [-0.2, -0.15) is 0 Å². The Labute approximate surface area is 110 Å². The average molecular weight is 277 g/mol. The second-order valence-corrected chi connectivity index (χ2v) is 4.60. The molecule has 2 N–H and O–H groups in total. The number of anilines is 1. The van der Waals surface area contributed by atoms with Crippen LogP contribution in [0.1, 0.15) is 13.3 Å². The van der Waals surface area contributed by atoms with E-state index < -0.39 is 17.0 Å². The van der Waals surface area contributed by atoms with Crippen molar-refractivity contribution in [3.8, 4) is 0 Å². The maximum absolute atomic E-state index is 12.9. The monoisotopic (exact) mass is 276 g/mol. The molecule has 1 aromatic rings. The van der Waals surface area contributed by atoms with Crippen molar-refractivity contribution in [2.75, 3.05) is 18.4 Å². The molecule has 0 radical (unpaired) electrons. The number of nitrogens with one attached hydrogen (secondary N) is 2. The number of carbonyl (C=O) groups is 1. The molecule has 6 heteroatoms. The number of benzene rings is 1. The summed E-state index contributed by atoms with van der Waals surface area (Å²) in [6, 6.07) is 2.98. The van der Waals surface area contributed by atoms with Crippen LogP contribution in [0.25, 0.3) is 0 Å². The van der Waals surface area contributed by atoms with Crippen molar-refractivity contribution in [2.45, 2.75) is 13.3 Å². The van der Waals surface area contributed by atoms with Gasteiger partial charge in [0.05, 0.1) is 5.41 Å². The van der Waals surface area contributed by atoms with E-state index in [1.165, 1.54) is 0 Å². The van der Waals surface area contributed by atoms with Gasteiger partial charge in [-0.3, -0.25) is 4.79 Å². The van der Waals surface area contributed by atoms with Gasteiger partial charge in [-0.1, -0.05) is 0 Å². The molecule has 1 atom stereocenters. The molecule has 1 heterocycles. The Hall–Kier alpha value is -1.20. The molecule has 0 bridgehead atoms. The van der Waals surface area contributed by atoms with Gasteiger partial charge in [-0.05, 0) is 32.0 Å². The van der Waals surface area contributed by atoms with Gasteiger partial charge in [0.2, 0.25) is 5.91 Å². The van der Waals surface area contributed by atoms with E-state index in [0.717, 1.165) is 31.2 Å². The maximum Gasteiger partial charge on any atom is 0.231 e. The van der Waals surface area contributed by atoms with Crippen LogP contribution in [0.5, 0.6) is 0 Å². The first-order valence-electron chi connectivity index (χ1n) is 5.48. The second kappa shape index (κ2) is 5.63. The summed E-state index contributed by atoms with van der Waals surface area (Å²) in [5.41, 5.74) is -0.358. The zero-order valence-electron chi connectivity index (χ0n) is 9.93. The molecule has 1 aliphatic heterocycles. The molecule has 1 amide bonds. The minimum atomic E-state index is -0.699. The highest BCUT2D eigenvalue weighted by Gasteiger charge is 2.36. The lowest BCUT2D eigenvalue weighted by Crippen LogP contribution is -2.35. The quantitative estimate of drug-likeness (QED) is 0.870. The molecule has 0 aliphatic carbocycles. The molecular formula is C12H15ClF2N2O. The molecule has 1 unspecified atom stereocenters. The van der Waals surface area contributed by atoms with Gasteiger partial charge in [-0.15, -0.1) is 12.4 Å². The fourth-order valence-corrected chi connectivity index (χ4v) is 1.92. The Morgan fingerprint density at radius 1 is 1.33 bits per heavy atom. The summed E-state index contributed by atoms with van der Waals surface area (Å²) in [6.07, 6.45) is 0.719. The molecule has 1 saturated heterocycles. The maximum atomic E-state index is 12.9. The van der Waals surface area contributed by atoms with Crippen molar-refractivity contribution >= 4 is 24.0 Å². The second-order valence-electron chi connectivity index (χ2n) is 4.60. The molecule has 100 valence electrons. The summed E-state index contributed by atoms with van der Waals surface area (Å²) < 4.78 is 25.9. The predicted molar refractivity (Wildman–Crippen MR) is 67.8 cm³/mol. The van der Waals surface area contributed by atoms with Crippen molar-refractivity contribution in [2.24, 2.45) is 5.41 Å². The molecule has 0 saturated carbocycles. The summed E-state index contributed by atoms with van der Waals surface area (Å²) in [6.45, 7) is 3.19. The van der Waals surface area contributed by atoms with E-state index in [4.69, 9.17) is 0 Å². The molecule has 3 nitrogen and oxygen atoms in total. The molecule has 1 aromatic carbocycles. The van der Waals surface area contributed by atoms with Gasteiger partial charge in [0.15, 0.2) is 0 Å². The smallest absolute Gasteiger partial charge is 0.231 e. The van der Waals surface area contributed by atoms with E-state index in [1.807, 2.05) is 6.92 Å². The number of hydrogen-bond donors (Lipinski definition) is 2. The standard InChI is InChI=1S/C12H14F2N2O.ClH/c1-12(2-3-15-7-12)11(17)16-10-5-8(13)4-9(14)6-10;/h4-6,15H,2-3,7H2,1H3,(H,16,17);1H. The number of carbonyl (C=O) groups excluding carboxylic acids is 1. The summed E-state index contributed by atoms with van der Waals surface area (Å²) in [5, 5.41) is 5.64. The highest BCUT2D eigenvalue weighted by atomic mass is 35.5. The van der Waals surface area contributed by atoms with Crippen LogP contribution in [0.2, 0.25) is 0 Å². The van der Waals surface area contributed by atoms with Crippen LogP contribution in [0.4, 0.5) is 14.5 Å². The van der Waals surface area contributed by atoms with Crippen LogP contribution < -0.4 is 10.6 Å². The highest BCUT2D eigenvalue weighted by Crippen LogP contribution is 2.26. The fourth-order valence-electron chi connectivity index (χ4n) is 1.92. The summed E-state index contributed by atoms with van der Waals surface area (Å²) >= 11 is 0. The minimum Gasteiger partial charge on any atom is -0.325 e. The van der Waals surface area contributed by atoms with Crippen molar-refractivity contribution in [3.63, 3.8) is 0 Å².